The van der Waals surface area contributed by atoms with Crippen LogP contribution in [0.3, 0.4) is 0 Å². The first-order valence-corrected chi connectivity index (χ1v) is 11.3. The topological polar surface area (TPSA) is 69.5 Å². The van der Waals surface area contributed by atoms with Gasteiger partial charge in [0.05, 0.1) is 29.8 Å². The van der Waals surface area contributed by atoms with Crippen LogP contribution >= 0.6 is 11.6 Å². The molecule has 5 heterocycles. The maximum atomic E-state index is 14.4. The van der Waals surface area contributed by atoms with Crippen molar-refractivity contribution in [1.29, 1.82) is 0 Å². The SMILES string of the molecule is O=C(CCc1ncn2ccc(Cl)c(F)c12)c1cn(Cc2cc3ccc(C4CC4)cn3c2)nn1. The maximum absolute atomic E-state index is 14.4. The molecule has 0 spiro atoms. The Hall–Kier alpha value is -3.52. The lowest BCUT2D eigenvalue weighted by molar-refractivity contribution is 0.0977. The van der Waals surface area contributed by atoms with Gasteiger partial charge >= 0.3 is 0 Å². The van der Waals surface area contributed by atoms with Crippen LogP contribution in [0, 0.1) is 5.82 Å². The van der Waals surface area contributed by atoms with E-state index in [4.69, 9.17) is 11.6 Å². The number of imidazole rings is 1. The van der Waals surface area contributed by atoms with Crippen LogP contribution in [0.5, 0.6) is 0 Å². The largest absolute Gasteiger partial charge is 0.323 e. The van der Waals surface area contributed by atoms with Crippen LogP contribution in [0.25, 0.3) is 11.0 Å². The molecule has 0 unspecified atom stereocenters. The first-order valence-electron chi connectivity index (χ1n) is 10.9. The van der Waals surface area contributed by atoms with Crippen LogP contribution in [0.2, 0.25) is 5.02 Å². The van der Waals surface area contributed by atoms with Crippen LogP contribution in [-0.4, -0.2) is 34.6 Å². The lowest BCUT2D eigenvalue weighted by atomic mass is 10.1. The summed E-state index contributed by atoms with van der Waals surface area (Å²) in [4.78, 5) is 16.9. The van der Waals surface area contributed by atoms with E-state index in [1.54, 1.807) is 21.5 Å². The van der Waals surface area contributed by atoms with Crippen molar-refractivity contribution in [3.8, 4) is 0 Å². The summed E-state index contributed by atoms with van der Waals surface area (Å²) in [6.07, 6.45) is 12.1. The van der Waals surface area contributed by atoms with E-state index in [0.717, 1.165) is 11.1 Å². The summed E-state index contributed by atoms with van der Waals surface area (Å²) in [6, 6.07) is 7.93. The van der Waals surface area contributed by atoms with Crippen LogP contribution < -0.4 is 0 Å². The molecule has 1 aliphatic carbocycles. The van der Waals surface area contributed by atoms with Gasteiger partial charge in [0.15, 0.2) is 11.6 Å². The van der Waals surface area contributed by atoms with E-state index >= 15 is 0 Å². The minimum absolute atomic E-state index is 0.0284. The van der Waals surface area contributed by atoms with Gasteiger partial charge in [-0.25, -0.2) is 14.1 Å². The number of nitrogens with zero attached hydrogens (tertiary/aromatic N) is 6. The Labute approximate surface area is 193 Å². The monoisotopic (exact) mass is 462 g/mol. The number of halogens is 2. The fourth-order valence-electron chi connectivity index (χ4n) is 4.25. The molecule has 0 N–H and O–H groups in total. The summed E-state index contributed by atoms with van der Waals surface area (Å²) >= 11 is 5.89. The molecule has 1 fully saturated rings. The van der Waals surface area contributed by atoms with Gasteiger partial charge in [-0.05, 0) is 54.5 Å². The lowest BCUT2D eigenvalue weighted by Gasteiger charge is -2.01. The number of ketones is 1. The molecule has 0 amide bonds. The molecular formula is C24H20ClFN6O. The first kappa shape index (κ1) is 20.1. The number of rotatable bonds is 7. The number of aryl methyl sites for hydroxylation is 1. The predicted molar refractivity (Wildman–Crippen MR) is 121 cm³/mol. The van der Waals surface area contributed by atoms with Gasteiger partial charge in [0.2, 0.25) is 0 Å². The van der Waals surface area contributed by atoms with Gasteiger partial charge in [0.25, 0.3) is 0 Å². The second-order valence-corrected chi connectivity index (χ2v) is 8.97. The highest BCUT2D eigenvalue weighted by molar-refractivity contribution is 6.31. The van der Waals surface area contributed by atoms with E-state index in [0.29, 0.717) is 23.7 Å². The maximum Gasteiger partial charge on any atom is 0.185 e. The van der Waals surface area contributed by atoms with Gasteiger partial charge < -0.3 is 8.80 Å². The van der Waals surface area contributed by atoms with E-state index in [-0.39, 0.29) is 29.3 Å². The highest BCUT2D eigenvalue weighted by atomic mass is 35.5. The van der Waals surface area contributed by atoms with Gasteiger partial charge in [-0.2, -0.15) is 0 Å². The zero-order valence-corrected chi connectivity index (χ0v) is 18.4. The van der Waals surface area contributed by atoms with Gasteiger partial charge in [0, 0.05) is 30.5 Å². The zero-order chi connectivity index (χ0) is 22.5. The van der Waals surface area contributed by atoms with Gasteiger partial charge in [-0.15, -0.1) is 5.10 Å². The van der Waals surface area contributed by atoms with Gasteiger partial charge in [-0.1, -0.05) is 22.9 Å². The number of fused-ring (bicyclic) bond motifs is 2. The summed E-state index contributed by atoms with van der Waals surface area (Å²) in [5.74, 6) is 0.00740. The lowest BCUT2D eigenvalue weighted by Crippen LogP contribution is -2.03. The number of aromatic nitrogens is 6. The van der Waals surface area contributed by atoms with E-state index in [2.05, 4.69) is 50.3 Å². The predicted octanol–water partition coefficient (Wildman–Crippen LogP) is 4.71. The number of carbonyl (C=O) groups excluding carboxylic acids is 1. The molecular weight excluding hydrogens is 443 g/mol. The van der Waals surface area contributed by atoms with Crippen LogP contribution in [0.15, 0.2) is 55.4 Å². The Morgan fingerprint density at radius 1 is 1.15 bits per heavy atom. The second kappa shape index (κ2) is 7.81. The summed E-state index contributed by atoms with van der Waals surface area (Å²) in [6.45, 7) is 0.524. The number of Topliss-reactive ketones (excluding diaryl/α,β-unsaturated/α-hetero) is 1. The summed E-state index contributed by atoms with van der Waals surface area (Å²) < 4.78 is 19.8. The quantitative estimate of drug-likeness (QED) is 0.328. The fraction of sp³-hybridized carbons (Fsp3) is 0.250. The average Bonchev–Trinajstić information content (AvgIpc) is 3.23. The zero-order valence-electron chi connectivity index (χ0n) is 17.7. The molecule has 0 aromatic carbocycles. The average molecular weight is 463 g/mol. The number of hydrogen-bond donors (Lipinski definition) is 0. The molecule has 5 aromatic rings. The van der Waals surface area contributed by atoms with Gasteiger partial charge in [-0.3, -0.25) is 4.79 Å². The summed E-state index contributed by atoms with van der Waals surface area (Å²) in [5.41, 5.74) is 4.67. The molecule has 33 heavy (non-hydrogen) atoms. The molecule has 1 aliphatic rings. The Kier molecular flexibility index (Phi) is 4.76. The molecule has 0 saturated heterocycles. The third kappa shape index (κ3) is 3.80. The van der Waals surface area contributed by atoms with Crippen molar-refractivity contribution in [1.82, 2.24) is 28.8 Å². The molecule has 0 radical (unpaired) electrons. The molecule has 9 heteroatoms. The highest BCUT2D eigenvalue weighted by Crippen LogP contribution is 2.40. The van der Waals surface area contributed by atoms with Crippen molar-refractivity contribution in [3.05, 3.63) is 88.7 Å². The molecule has 1 saturated carbocycles. The smallest absolute Gasteiger partial charge is 0.185 e. The summed E-state index contributed by atoms with van der Waals surface area (Å²) in [7, 11) is 0. The second-order valence-electron chi connectivity index (χ2n) is 8.57. The van der Waals surface area contributed by atoms with Crippen LogP contribution in [-0.2, 0) is 13.0 Å². The number of pyridine rings is 2. The van der Waals surface area contributed by atoms with E-state index in [1.165, 1.54) is 30.8 Å². The van der Waals surface area contributed by atoms with Gasteiger partial charge in [0.1, 0.15) is 11.2 Å². The molecule has 166 valence electrons. The molecule has 6 rings (SSSR count). The third-order valence-electron chi connectivity index (χ3n) is 6.15. The standard InChI is InChI=1S/C24H20ClFN6O/c25-19-7-8-30-14-27-20(24(30)23(19)26)5-6-22(33)21-13-32(29-28-21)11-15-9-18-4-3-17(16-1-2-16)12-31(18)10-15/h3-4,7-10,12-14,16H,1-2,5-6,11H2. The van der Waals surface area contributed by atoms with Crippen molar-refractivity contribution in [2.24, 2.45) is 0 Å². The van der Waals surface area contributed by atoms with Crippen LogP contribution in [0.4, 0.5) is 4.39 Å². The van der Waals surface area contributed by atoms with Crippen molar-refractivity contribution in [3.63, 3.8) is 0 Å². The minimum atomic E-state index is -0.533. The van der Waals surface area contributed by atoms with E-state index in [9.17, 15) is 9.18 Å². The third-order valence-corrected chi connectivity index (χ3v) is 6.44. The Balaban J connectivity index is 1.14. The molecule has 0 bridgehead atoms. The number of hydrogen-bond acceptors (Lipinski definition) is 4. The van der Waals surface area contributed by atoms with Crippen molar-refractivity contribution < 1.29 is 9.18 Å². The van der Waals surface area contributed by atoms with Crippen molar-refractivity contribution in [2.75, 3.05) is 0 Å². The first-order chi connectivity index (χ1) is 16.0. The van der Waals surface area contributed by atoms with E-state index < -0.39 is 5.82 Å². The molecule has 7 nitrogen and oxygen atoms in total. The van der Waals surface area contributed by atoms with E-state index in [1.807, 2.05) is 0 Å². The van der Waals surface area contributed by atoms with Crippen LogP contribution in [0.1, 0.15) is 52.5 Å². The Morgan fingerprint density at radius 3 is 2.88 bits per heavy atom. The highest BCUT2D eigenvalue weighted by Gasteiger charge is 2.23. The Bertz CT molecular complexity index is 1510. The fourth-order valence-corrected chi connectivity index (χ4v) is 4.39. The Morgan fingerprint density at radius 2 is 2.03 bits per heavy atom. The van der Waals surface area contributed by atoms with Crippen molar-refractivity contribution in [2.45, 2.75) is 38.1 Å². The molecule has 5 aromatic heterocycles. The molecule has 0 atom stereocenters. The normalized spacial score (nSPS) is 13.9. The summed E-state index contributed by atoms with van der Waals surface area (Å²) in [5, 5.41) is 8.19. The van der Waals surface area contributed by atoms with Crippen molar-refractivity contribution >= 4 is 28.4 Å². The molecule has 0 aliphatic heterocycles. The minimum Gasteiger partial charge on any atom is -0.323 e. The number of carbonyl (C=O) groups is 1.